The molecular formula is C36H45ClFN5O2. The van der Waals surface area contributed by atoms with Gasteiger partial charge >= 0.3 is 0 Å². The van der Waals surface area contributed by atoms with Crippen LogP contribution in [0, 0.1) is 5.82 Å². The topological polar surface area (TPSA) is 67.9 Å². The van der Waals surface area contributed by atoms with Gasteiger partial charge in [0.1, 0.15) is 11.9 Å². The van der Waals surface area contributed by atoms with Crippen LogP contribution < -0.4 is 10.6 Å². The maximum Gasteiger partial charge on any atom is 0.245 e. The summed E-state index contributed by atoms with van der Waals surface area (Å²) in [6.07, 6.45) is 1.70. The fourth-order valence-corrected chi connectivity index (χ4v) is 6.67. The van der Waals surface area contributed by atoms with Crippen LogP contribution in [0.5, 0.6) is 0 Å². The first-order chi connectivity index (χ1) is 21.9. The lowest BCUT2D eigenvalue weighted by Gasteiger charge is -2.35. The number of hydrogen-bond donors (Lipinski definition) is 2. The van der Waals surface area contributed by atoms with Crippen LogP contribution in [0.4, 0.5) is 4.39 Å². The van der Waals surface area contributed by atoms with Gasteiger partial charge in [-0.3, -0.25) is 14.5 Å². The zero-order chi connectivity index (χ0) is 31.8. The number of amides is 2. The summed E-state index contributed by atoms with van der Waals surface area (Å²) in [4.78, 5) is 34.3. The normalized spacial score (nSPS) is 18.6. The van der Waals surface area contributed by atoms with Gasteiger partial charge in [0.15, 0.2) is 0 Å². The molecule has 5 rings (SSSR count). The smallest absolute Gasteiger partial charge is 0.245 e. The van der Waals surface area contributed by atoms with E-state index >= 15 is 4.39 Å². The second kappa shape index (κ2) is 15.8. The van der Waals surface area contributed by atoms with Gasteiger partial charge in [-0.1, -0.05) is 80.0 Å². The summed E-state index contributed by atoms with van der Waals surface area (Å²) in [6, 6.07) is 21.3. The second-order valence-electron chi connectivity index (χ2n) is 12.0. The van der Waals surface area contributed by atoms with Crippen molar-refractivity contribution in [2.24, 2.45) is 0 Å². The maximum absolute atomic E-state index is 15.1. The van der Waals surface area contributed by atoms with E-state index in [1.807, 2.05) is 53.4 Å². The Morgan fingerprint density at radius 2 is 1.67 bits per heavy atom. The number of nitrogens with one attached hydrogen (secondary N) is 2. The molecule has 2 N–H and O–H groups in total. The number of halogens is 2. The van der Waals surface area contributed by atoms with Crippen molar-refractivity contribution in [2.75, 3.05) is 45.8 Å². The van der Waals surface area contributed by atoms with Gasteiger partial charge in [-0.05, 0) is 60.8 Å². The quantitative estimate of drug-likeness (QED) is 0.317. The van der Waals surface area contributed by atoms with Gasteiger partial charge in [-0.25, -0.2) is 4.39 Å². The van der Waals surface area contributed by atoms with E-state index in [9.17, 15) is 9.59 Å². The van der Waals surface area contributed by atoms with Crippen molar-refractivity contribution in [2.45, 2.75) is 57.8 Å². The van der Waals surface area contributed by atoms with Crippen molar-refractivity contribution in [3.63, 3.8) is 0 Å². The van der Waals surface area contributed by atoms with Gasteiger partial charge in [0.05, 0.1) is 12.1 Å². The highest BCUT2D eigenvalue weighted by atomic mass is 35.5. The number of benzene rings is 3. The van der Waals surface area contributed by atoms with E-state index in [0.717, 1.165) is 37.2 Å². The van der Waals surface area contributed by atoms with Crippen molar-refractivity contribution in [3.05, 3.63) is 106 Å². The average molecular weight is 634 g/mol. The molecule has 0 spiro atoms. The Labute approximate surface area is 271 Å². The second-order valence-corrected chi connectivity index (χ2v) is 12.5. The average Bonchev–Trinajstić information content (AvgIpc) is 3.32. The van der Waals surface area contributed by atoms with Gasteiger partial charge in [-0.15, -0.1) is 0 Å². The van der Waals surface area contributed by atoms with Crippen molar-refractivity contribution < 1.29 is 14.0 Å². The summed E-state index contributed by atoms with van der Waals surface area (Å²) in [5, 5.41) is 7.08. The third-order valence-corrected chi connectivity index (χ3v) is 9.49. The van der Waals surface area contributed by atoms with E-state index in [0.29, 0.717) is 56.2 Å². The Hall–Kier alpha value is -3.30. The number of carbonyl (C=O) groups excluding carboxylic acids is 2. The third kappa shape index (κ3) is 8.50. The molecule has 7 nitrogen and oxygen atoms in total. The first kappa shape index (κ1) is 33.1. The summed E-state index contributed by atoms with van der Waals surface area (Å²) in [5.74, 6) is -0.467. The largest absolute Gasteiger partial charge is 0.343 e. The van der Waals surface area contributed by atoms with Crippen LogP contribution >= 0.6 is 11.6 Å². The number of hydrogen-bond acceptors (Lipinski definition) is 5. The zero-order valence-corrected chi connectivity index (χ0v) is 27.1. The Bertz CT molecular complexity index is 1430. The monoisotopic (exact) mass is 633 g/mol. The van der Waals surface area contributed by atoms with Crippen LogP contribution in [-0.4, -0.2) is 84.4 Å². The fraction of sp³-hybridized carbons (Fsp3) is 0.444. The molecule has 2 aliphatic heterocycles. The predicted octanol–water partition coefficient (Wildman–Crippen LogP) is 4.84. The van der Waals surface area contributed by atoms with Crippen LogP contribution in [0.1, 0.15) is 48.6 Å². The van der Waals surface area contributed by atoms with Crippen LogP contribution in [0.15, 0.2) is 72.8 Å². The van der Waals surface area contributed by atoms with Gasteiger partial charge in [-0.2, -0.15) is 0 Å². The van der Waals surface area contributed by atoms with E-state index in [1.54, 1.807) is 6.07 Å². The Morgan fingerprint density at radius 3 is 2.40 bits per heavy atom. The lowest BCUT2D eigenvalue weighted by Crippen LogP contribution is -2.56. The number of nitrogens with zero attached hydrogens (tertiary/aromatic N) is 3. The molecule has 2 heterocycles. The van der Waals surface area contributed by atoms with Crippen molar-refractivity contribution >= 4 is 23.4 Å². The minimum Gasteiger partial charge on any atom is -0.343 e. The highest BCUT2D eigenvalue weighted by Gasteiger charge is 2.33. The molecule has 9 heteroatoms. The minimum absolute atomic E-state index is 0.0949. The molecule has 1 fully saturated rings. The maximum atomic E-state index is 15.1. The van der Waals surface area contributed by atoms with Crippen LogP contribution in [0.3, 0.4) is 0 Å². The molecular weight excluding hydrogens is 589 g/mol. The molecule has 0 radical (unpaired) electrons. The summed E-state index contributed by atoms with van der Waals surface area (Å²) in [6.45, 7) is 9.80. The molecule has 2 amide bonds. The van der Waals surface area contributed by atoms with Crippen molar-refractivity contribution in [1.29, 1.82) is 0 Å². The SMILES string of the molecule is CCN(CC)CC(c1ccccc1F)N1CCCN(C(=O)[C@@H](Cc2ccc(Cl)cc2)NC(=O)[C@H]2Cc3ccccc3CN2)CC1. The lowest BCUT2D eigenvalue weighted by atomic mass is 9.95. The summed E-state index contributed by atoms with van der Waals surface area (Å²) < 4.78 is 15.1. The number of likely N-dealkylation sites (N-methyl/N-ethyl adjacent to an activating group) is 1. The molecule has 3 aromatic rings. The summed E-state index contributed by atoms with van der Waals surface area (Å²) in [7, 11) is 0. The third-order valence-electron chi connectivity index (χ3n) is 9.24. The molecule has 0 aromatic heterocycles. The summed E-state index contributed by atoms with van der Waals surface area (Å²) in [5.41, 5.74) is 3.96. The molecule has 3 aromatic carbocycles. The minimum atomic E-state index is -0.720. The van der Waals surface area contributed by atoms with E-state index in [-0.39, 0.29) is 23.7 Å². The molecule has 0 saturated carbocycles. The van der Waals surface area contributed by atoms with Crippen LogP contribution in [0.2, 0.25) is 5.02 Å². The standard InChI is InChI=1S/C36H45ClFN5O2/c1-3-41(4-2)25-34(30-12-7-8-13-31(30)38)42-18-9-19-43(21-20-42)36(45)33(22-26-14-16-29(37)17-15-26)40-35(44)32-23-27-10-5-6-11-28(27)24-39-32/h5-8,10-17,32-34,39H,3-4,9,18-25H2,1-2H3,(H,40,44)/t32-,33-,34?/m1/s1. The number of carbonyl (C=O) groups is 2. The highest BCUT2D eigenvalue weighted by molar-refractivity contribution is 6.30. The van der Waals surface area contributed by atoms with E-state index in [1.165, 1.54) is 11.6 Å². The van der Waals surface area contributed by atoms with Crippen LogP contribution in [0.25, 0.3) is 0 Å². The molecule has 0 aliphatic carbocycles. The van der Waals surface area contributed by atoms with Gasteiger partial charge < -0.3 is 20.4 Å². The van der Waals surface area contributed by atoms with Gasteiger partial charge in [0.2, 0.25) is 11.8 Å². The van der Waals surface area contributed by atoms with E-state index in [4.69, 9.17) is 11.6 Å². The molecule has 45 heavy (non-hydrogen) atoms. The number of rotatable bonds is 11. The molecule has 2 aliphatic rings. The molecule has 1 unspecified atom stereocenters. The van der Waals surface area contributed by atoms with E-state index < -0.39 is 12.1 Å². The Balaban J connectivity index is 1.31. The predicted molar refractivity (Wildman–Crippen MR) is 178 cm³/mol. The Kier molecular flexibility index (Phi) is 11.6. The Morgan fingerprint density at radius 1 is 0.956 bits per heavy atom. The molecule has 0 bridgehead atoms. The van der Waals surface area contributed by atoms with Crippen molar-refractivity contribution in [3.8, 4) is 0 Å². The van der Waals surface area contributed by atoms with Crippen LogP contribution in [-0.2, 0) is 29.0 Å². The molecule has 3 atom stereocenters. The number of fused-ring (bicyclic) bond motifs is 1. The van der Waals surface area contributed by atoms with Gasteiger partial charge in [0.25, 0.3) is 0 Å². The first-order valence-corrected chi connectivity index (χ1v) is 16.6. The summed E-state index contributed by atoms with van der Waals surface area (Å²) >= 11 is 6.14. The first-order valence-electron chi connectivity index (χ1n) is 16.2. The van der Waals surface area contributed by atoms with Crippen molar-refractivity contribution in [1.82, 2.24) is 25.3 Å². The molecule has 240 valence electrons. The molecule has 1 saturated heterocycles. The zero-order valence-electron chi connectivity index (χ0n) is 26.4. The highest BCUT2D eigenvalue weighted by Crippen LogP contribution is 2.26. The van der Waals surface area contributed by atoms with Gasteiger partial charge in [0, 0.05) is 56.3 Å². The van der Waals surface area contributed by atoms with E-state index in [2.05, 4.69) is 46.4 Å². The lowest BCUT2D eigenvalue weighted by molar-refractivity contribution is -0.136. The fourth-order valence-electron chi connectivity index (χ4n) is 6.54.